The van der Waals surface area contributed by atoms with Crippen LogP contribution in [0.1, 0.15) is 43.7 Å². The minimum Gasteiger partial charge on any atom is -0.330 e. The van der Waals surface area contributed by atoms with E-state index in [-0.39, 0.29) is 0 Å². The number of hydrogen-bond donors (Lipinski definition) is 1. The molecule has 1 heteroatoms. The van der Waals surface area contributed by atoms with E-state index in [1.165, 1.54) is 24.0 Å². The Bertz CT molecular complexity index is 291. The number of rotatable bonds is 5. The largest absolute Gasteiger partial charge is 0.330 e. The van der Waals surface area contributed by atoms with Gasteiger partial charge in [-0.3, -0.25) is 0 Å². The molecule has 2 N–H and O–H groups in total. The maximum absolute atomic E-state index is 5.84. The van der Waals surface area contributed by atoms with Gasteiger partial charge in [0.05, 0.1) is 0 Å². The van der Waals surface area contributed by atoms with Gasteiger partial charge in [-0.2, -0.15) is 0 Å². The summed E-state index contributed by atoms with van der Waals surface area (Å²) >= 11 is 0. The molecule has 1 unspecified atom stereocenters. The number of hydrogen-bond acceptors (Lipinski definition) is 1. The summed E-state index contributed by atoms with van der Waals surface area (Å²) in [5.41, 5.74) is 8.57. The van der Waals surface area contributed by atoms with Gasteiger partial charge < -0.3 is 5.73 Å². The van der Waals surface area contributed by atoms with Crippen molar-refractivity contribution < 1.29 is 0 Å². The average molecular weight is 205 g/mol. The van der Waals surface area contributed by atoms with Crippen LogP contribution in [0.25, 0.3) is 0 Å². The summed E-state index contributed by atoms with van der Waals surface area (Å²) in [5, 5.41) is 0. The van der Waals surface area contributed by atoms with Crippen molar-refractivity contribution in [3.8, 4) is 0 Å². The number of benzene rings is 1. The Morgan fingerprint density at radius 2 is 1.93 bits per heavy atom. The van der Waals surface area contributed by atoms with Crippen LogP contribution >= 0.6 is 0 Å². The first-order valence-corrected chi connectivity index (χ1v) is 5.90. The van der Waals surface area contributed by atoms with Gasteiger partial charge >= 0.3 is 0 Å². The van der Waals surface area contributed by atoms with E-state index in [0.717, 1.165) is 12.5 Å². The molecule has 0 aliphatic rings. The summed E-state index contributed by atoms with van der Waals surface area (Å²) in [7, 11) is 0. The molecule has 84 valence electrons. The summed E-state index contributed by atoms with van der Waals surface area (Å²) < 4.78 is 0. The summed E-state index contributed by atoms with van der Waals surface area (Å²) in [6.45, 7) is 7.43. The second-order valence-corrected chi connectivity index (χ2v) is 4.82. The molecule has 0 radical (unpaired) electrons. The van der Waals surface area contributed by atoms with Gasteiger partial charge in [-0.15, -0.1) is 0 Å². The molecule has 1 nitrogen and oxygen atoms in total. The lowest BCUT2D eigenvalue weighted by Crippen LogP contribution is -2.13. The Labute approximate surface area is 93.7 Å². The lowest BCUT2D eigenvalue weighted by Gasteiger charge is -2.16. The van der Waals surface area contributed by atoms with Crippen LogP contribution in [0.2, 0.25) is 0 Å². The Balaban J connectivity index is 2.65. The molecule has 0 aliphatic carbocycles. The van der Waals surface area contributed by atoms with Crippen LogP contribution in [0.3, 0.4) is 0 Å². The van der Waals surface area contributed by atoms with E-state index < -0.39 is 0 Å². The Morgan fingerprint density at radius 1 is 1.20 bits per heavy atom. The predicted octanol–water partition coefficient (Wildman–Crippen LogP) is 3.47. The van der Waals surface area contributed by atoms with E-state index >= 15 is 0 Å². The average Bonchev–Trinajstić information content (AvgIpc) is 2.18. The second kappa shape index (κ2) is 5.92. The lowest BCUT2D eigenvalue weighted by molar-refractivity contribution is 0.503. The zero-order valence-corrected chi connectivity index (χ0v) is 10.2. The van der Waals surface area contributed by atoms with Gasteiger partial charge in [0.1, 0.15) is 0 Å². The molecule has 1 aromatic carbocycles. The van der Waals surface area contributed by atoms with E-state index in [2.05, 4.69) is 45.0 Å². The van der Waals surface area contributed by atoms with Crippen LogP contribution in [-0.4, -0.2) is 6.54 Å². The third-order valence-corrected chi connectivity index (χ3v) is 2.89. The third kappa shape index (κ3) is 4.05. The van der Waals surface area contributed by atoms with E-state index in [0.29, 0.717) is 5.92 Å². The zero-order chi connectivity index (χ0) is 11.3. The van der Waals surface area contributed by atoms with E-state index in [4.69, 9.17) is 5.73 Å². The van der Waals surface area contributed by atoms with Gasteiger partial charge in [0, 0.05) is 0 Å². The fraction of sp³-hybridized carbons (Fsp3) is 0.571. The van der Waals surface area contributed by atoms with Crippen LogP contribution in [0.5, 0.6) is 0 Å². The molecule has 1 rings (SSSR count). The molecule has 0 saturated heterocycles. The van der Waals surface area contributed by atoms with Crippen LogP contribution in [-0.2, 0) is 0 Å². The minimum absolute atomic E-state index is 0.535. The Hall–Kier alpha value is -0.820. The van der Waals surface area contributed by atoms with E-state index in [1.54, 1.807) is 0 Å². The van der Waals surface area contributed by atoms with E-state index in [1.807, 2.05) is 0 Å². The molecule has 0 saturated carbocycles. The second-order valence-electron chi connectivity index (χ2n) is 4.82. The molecular formula is C14H23N. The van der Waals surface area contributed by atoms with Crippen molar-refractivity contribution in [3.63, 3.8) is 0 Å². The maximum Gasteiger partial charge on any atom is -0.000823 e. The Morgan fingerprint density at radius 3 is 2.47 bits per heavy atom. The van der Waals surface area contributed by atoms with Gasteiger partial charge in [-0.25, -0.2) is 0 Å². The first-order valence-electron chi connectivity index (χ1n) is 5.90. The highest BCUT2D eigenvalue weighted by molar-refractivity contribution is 5.25. The first kappa shape index (κ1) is 12.3. The van der Waals surface area contributed by atoms with Crippen molar-refractivity contribution in [2.45, 2.75) is 39.5 Å². The smallest absolute Gasteiger partial charge is 0.000823 e. The highest BCUT2D eigenvalue weighted by atomic mass is 14.5. The molecule has 0 aromatic heterocycles. The topological polar surface area (TPSA) is 26.0 Å². The van der Waals surface area contributed by atoms with E-state index in [9.17, 15) is 0 Å². The summed E-state index contributed by atoms with van der Waals surface area (Å²) in [4.78, 5) is 0. The highest BCUT2D eigenvalue weighted by Gasteiger charge is 2.10. The monoisotopic (exact) mass is 205 g/mol. The number of nitrogens with two attached hydrogens (primary N) is 1. The Kier molecular flexibility index (Phi) is 4.83. The minimum atomic E-state index is 0.535. The molecule has 1 atom stereocenters. The SMILES string of the molecule is Cc1cccc(C(CN)CCC(C)C)c1. The third-order valence-electron chi connectivity index (χ3n) is 2.89. The molecule has 15 heavy (non-hydrogen) atoms. The fourth-order valence-corrected chi connectivity index (χ4v) is 1.88. The molecule has 1 aromatic rings. The standard InChI is InChI=1S/C14H23N/c1-11(2)7-8-14(10-15)13-6-4-5-12(3)9-13/h4-6,9,11,14H,7-8,10,15H2,1-3H3. The maximum atomic E-state index is 5.84. The van der Waals surface area contributed by atoms with Gasteiger partial charge in [-0.1, -0.05) is 50.1 Å². The zero-order valence-electron chi connectivity index (χ0n) is 10.2. The van der Waals surface area contributed by atoms with Crippen molar-refractivity contribution in [1.29, 1.82) is 0 Å². The number of aryl methyl sites for hydroxylation is 1. The quantitative estimate of drug-likeness (QED) is 0.782. The van der Waals surface area contributed by atoms with Crippen molar-refractivity contribution in [1.82, 2.24) is 0 Å². The first-order chi connectivity index (χ1) is 7.13. The van der Waals surface area contributed by atoms with Crippen molar-refractivity contribution in [3.05, 3.63) is 35.4 Å². The summed E-state index contributed by atoms with van der Waals surface area (Å²) in [6, 6.07) is 8.73. The van der Waals surface area contributed by atoms with Crippen LogP contribution in [0, 0.1) is 12.8 Å². The lowest BCUT2D eigenvalue weighted by atomic mass is 9.91. The van der Waals surface area contributed by atoms with Crippen molar-refractivity contribution >= 4 is 0 Å². The summed E-state index contributed by atoms with van der Waals surface area (Å²) in [5.74, 6) is 1.30. The molecule has 0 amide bonds. The highest BCUT2D eigenvalue weighted by Crippen LogP contribution is 2.23. The van der Waals surface area contributed by atoms with Crippen molar-refractivity contribution in [2.24, 2.45) is 11.7 Å². The van der Waals surface area contributed by atoms with Gasteiger partial charge in [0.15, 0.2) is 0 Å². The van der Waals surface area contributed by atoms with Crippen molar-refractivity contribution in [2.75, 3.05) is 6.54 Å². The fourth-order valence-electron chi connectivity index (χ4n) is 1.88. The van der Waals surface area contributed by atoms with Crippen LogP contribution in [0.15, 0.2) is 24.3 Å². The molecule has 0 aliphatic heterocycles. The molecule has 0 heterocycles. The van der Waals surface area contributed by atoms with Crippen LogP contribution in [0.4, 0.5) is 0 Å². The predicted molar refractivity (Wildman–Crippen MR) is 67.0 cm³/mol. The van der Waals surface area contributed by atoms with Gasteiger partial charge in [-0.05, 0) is 37.3 Å². The summed E-state index contributed by atoms with van der Waals surface area (Å²) in [6.07, 6.45) is 2.47. The van der Waals surface area contributed by atoms with Gasteiger partial charge in [0.25, 0.3) is 0 Å². The molecular weight excluding hydrogens is 182 g/mol. The van der Waals surface area contributed by atoms with Crippen LogP contribution < -0.4 is 5.73 Å². The molecule has 0 fully saturated rings. The normalized spacial score (nSPS) is 13.1. The molecule has 0 bridgehead atoms. The molecule has 0 spiro atoms. The van der Waals surface area contributed by atoms with Gasteiger partial charge in [0.2, 0.25) is 0 Å².